The van der Waals surface area contributed by atoms with Crippen LogP contribution >= 0.6 is 0 Å². The molecule has 0 bridgehead atoms. The summed E-state index contributed by atoms with van der Waals surface area (Å²) >= 11 is 0. The van der Waals surface area contributed by atoms with E-state index in [2.05, 4.69) is 10.3 Å². The van der Waals surface area contributed by atoms with E-state index < -0.39 is 5.54 Å². The lowest BCUT2D eigenvalue weighted by Gasteiger charge is -2.28. The average Bonchev–Trinajstić information content (AvgIpc) is 2.54. The molecular formula is C17H20N2O2. The molecule has 0 radical (unpaired) electrons. The van der Waals surface area contributed by atoms with Crippen LogP contribution in [0.3, 0.4) is 0 Å². The Morgan fingerprint density at radius 2 is 2.00 bits per heavy atom. The fourth-order valence-electron chi connectivity index (χ4n) is 2.10. The molecule has 0 spiro atoms. The molecule has 4 heteroatoms. The number of carbonyl (C=O) groups excluding carboxylic acids is 1. The van der Waals surface area contributed by atoms with E-state index in [1.807, 2.05) is 49.4 Å². The van der Waals surface area contributed by atoms with Gasteiger partial charge in [0.1, 0.15) is 5.54 Å². The largest absolute Gasteiger partial charge is 0.464 e. The van der Waals surface area contributed by atoms with Crippen LogP contribution in [0.25, 0.3) is 0 Å². The maximum Gasteiger partial charge on any atom is 0.330 e. The highest BCUT2D eigenvalue weighted by Crippen LogP contribution is 2.22. The molecular weight excluding hydrogens is 264 g/mol. The number of benzene rings is 1. The molecule has 0 aliphatic rings. The number of carbonyl (C=O) groups is 1. The highest BCUT2D eigenvalue weighted by Gasteiger charge is 2.36. The summed E-state index contributed by atoms with van der Waals surface area (Å²) in [5.41, 5.74) is 0.983. The summed E-state index contributed by atoms with van der Waals surface area (Å²) < 4.78 is 5.22. The number of hydrogen-bond donors (Lipinski definition) is 1. The predicted octanol–water partition coefficient (Wildman–Crippen LogP) is 2.65. The van der Waals surface area contributed by atoms with Gasteiger partial charge in [0, 0.05) is 24.5 Å². The molecule has 1 aromatic carbocycles. The van der Waals surface area contributed by atoms with Crippen LogP contribution in [-0.2, 0) is 21.6 Å². The second-order valence-electron chi connectivity index (χ2n) is 4.93. The maximum absolute atomic E-state index is 12.4. The Hall–Kier alpha value is -2.20. The van der Waals surface area contributed by atoms with Gasteiger partial charge in [0.25, 0.3) is 0 Å². The molecule has 1 unspecified atom stereocenters. The molecule has 110 valence electrons. The van der Waals surface area contributed by atoms with Crippen LogP contribution in [0.15, 0.2) is 54.9 Å². The monoisotopic (exact) mass is 284 g/mol. The molecule has 0 aliphatic carbocycles. The molecule has 0 fully saturated rings. The van der Waals surface area contributed by atoms with Gasteiger partial charge in [0.2, 0.25) is 0 Å². The zero-order valence-corrected chi connectivity index (χ0v) is 12.4. The van der Waals surface area contributed by atoms with Crippen molar-refractivity contribution < 1.29 is 9.53 Å². The fraction of sp³-hybridized carbons (Fsp3) is 0.294. The minimum absolute atomic E-state index is 0.297. The molecule has 0 saturated heterocycles. The third-order valence-electron chi connectivity index (χ3n) is 3.41. The third kappa shape index (κ3) is 3.67. The number of ether oxygens (including phenoxy) is 1. The van der Waals surface area contributed by atoms with Gasteiger partial charge in [-0.25, -0.2) is 4.79 Å². The molecule has 4 nitrogen and oxygen atoms in total. The first-order valence-corrected chi connectivity index (χ1v) is 7.03. The van der Waals surface area contributed by atoms with E-state index in [0.717, 1.165) is 11.1 Å². The first kappa shape index (κ1) is 15.2. The predicted molar refractivity (Wildman–Crippen MR) is 81.5 cm³/mol. The standard InChI is InChI=1S/C17H20N2O2/c1-3-21-16(20)17(2,15-10-7-11-18-13-15)19-12-14-8-5-4-6-9-14/h4-11,13,19H,3,12H2,1-2H3. The zero-order chi connectivity index (χ0) is 15.1. The fourth-order valence-corrected chi connectivity index (χ4v) is 2.10. The van der Waals surface area contributed by atoms with E-state index in [1.165, 1.54) is 0 Å². The topological polar surface area (TPSA) is 51.2 Å². The summed E-state index contributed by atoms with van der Waals surface area (Å²) in [6.45, 7) is 4.55. The van der Waals surface area contributed by atoms with Gasteiger partial charge in [-0.1, -0.05) is 36.4 Å². The van der Waals surface area contributed by atoms with Crippen LogP contribution in [0.5, 0.6) is 0 Å². The molecule has 2 rings (SSSR count). The van der Waals surface area contributed by atoms with Gasteiger partial charge < -0.3 is 4.74 Å². The highest BCUT2D eigenvalue weighted by atomic mass is 16.5. The molecule has 0 aliphatic heterocycles. The number of hydrogen-bond acceptors (Lipinski definition) is 4. The normalized spacial score (nSPS) is 13.4. The number of aromatic nitrogens is 1. The lowest BCUT2D eigenvalue weighted by molar-refractivity contribution is -0.151. The van der Waals surface area contributed by atoms with Crippen LogP contribution in [-0.4, -0.2) is 17.6 Å². The van der Waals surface area contributed by atoms with E-state index >= 15 is 0 Å². The van der Waals surface area contributed by atoms with Crippen LogP contribution in [0.4, 0.5) is 0 Å². The molecule has 2 aromatic rings. The highest BCUT2D eigenvalue weighted by molar-refractivity contribution is 5.82. The Bertz CT molecular complexity index is 572. The van der Waals surface area contributed by atoms with E-state index in [1.54, 1.807) is 19.3 Å². The minimum atomic E-state index is -0.917. The average molecular weight is 284 g/mol. The third-order valence-corrected chi connectivity index (χ3v) is 3.41. The van der Waals surface area contributed by atoms with E-state index in [4.69, 9.17) is 4.74 Å². The van der Waals surface area contributed by atoms with Crippen LogP contribution < -0.4 is 5.32 Å². The molecule has 1 aromatic heterocycles. The Kier molecular flexibility index (Phi) is 5.06. The van der Waals surface area contributed by atoms with Crippen molar-refractivity contribution in [2.45, 2.75) is 25.9 Å². The second kappa shape index (κ2) is 6.99. The van der Waals surface area contributed by atoms with Gasteiger partial charge in [-0.2, -0.15) is 0 Å². The molecule has 1 heterocycles. The van der Waals surface area contributed by atoms with Crippen molar-refractivity contribution in [2.24, 2.45) is 0 Å². The summed E-state index contributed by atoms with van der Waals surface area (Å²) in [7, 11) is 0. The van der Waals surface area contributed by atoms with Gasteiger partial charge in [-0.3, -0.25) is 10.3 Å². The van der Waals surface area contributed by atoms with Crippen molar-refractivity contribution in [3.63, 3.8) is 0 Å². The van der Waals surface area contributed by atoms with Crippen molar-refractivity contribution in [1.29, 1.82) is 0 Å². The van der Waals surface area contributed by atoms with Crippen LogP contribution in [0.1, 0.15) is 25.0 Å². The summed E-state index contributed by atoms with van der Waals surface area (Å²) in [4.78, 5) is 16.5. The minimum Gasteiger partial charge on any atom is -0.464 e. The number of rotatable bonds is 6. The first-order valence-electron chi connectivity index (χ1n) is 7.03. The van der Waals surface area contributed by atoms with Crippen molar-refractivity contribution in [1.82, 2.24) is 10.3 Å². The summed E-state index contributed by atoms with van der Waals surface area (Å²) in [6.07, 6.45) is 3.38. The van der Waals surface area contributed by atoms with E-state index in [0.29, 0.717) is 13.2 Å². The quantitative estimate of drug-likeness (QED) is 0.829. The van der Waals surface area contributed by atoms with E-state index in [-0.39, 0.29) is 5.97 Å². The van der Waals surface area contributed by atoms with Crippen molar-refractivity contribution >= 4 is 5.97 Å². The Labute approximate surface area is 125 Å². The zero-order valence-electron chi connectivity index (χ0n) is 12.4. The Morgan fingerprint density at radius 3 is 2.62 bits per heavy atom. The molecule has 0 saturated carbocycles. The number of nitrogens with zero attached hydrogens (tertiary/aromatic N) is 1. The summed E-state index contributed by atoms with van der Waals surface area (Å²) in [5, 5.41) is 3.30. The van der Waals surface area contributed by atoms with Gasteiger partial charge >= 0.3 is 5.97 Å². The van der Waals surface area contributed by atoms with Gasteiger partial charge in [-0.15, -0.1) is 0 Å². The Morgan fingerprint density at radius 1 is 1.24 bits per heavy atom. The second-order valence-corrected chi connectivity index (χ2v) is 4.93. The SMILES string of the molecule is CCOC(=O)C(C)(NCc1ccccc1)c1cccnc1. The van der Waals surface area contributed by atoms with Crippen molar-refractivity contribution in [3.05, 3.63) is 66.0 Å². The van der Waals surface area contributed by atoms with E-state index in [9.17, 15) is 4.79 Å². The summed E-state index contributed by atoms with van der Waals surface area (Å²) in [5.74, 6) is -0.297. The van der Waals surface area contributed by atoms with Crippen LogP contribution in [0, 0.1) is 0 Å². The lowest BCUT2D eigenvalue weighted by atomic mass is 9.93. The number of pyridine rings is 1. The lowest BCUT2D eigenvalue weighted by Crippen LogP contribution is -2.47. The molecule has 21 heavy (non-hydrogen) atoms. The maximum atomic E-state index is 12.4. The molecule has 0 amide bonds. The Balaban J connectivity index is 2.22. The van der Waals surface area contributed by atoms with Crippen molar-refractivity contribution in [2.75, 3.05) is 6.61 Å². The number of nitrogens with one attached hydrogen (secondary N) is 1. The number of esters is 1. The smallest absolute Gasteiger partial charge is 0.330 e. The van der Waals surface area contributed by atoms with Crippen LogP contribution in [0.2, 0.25) is 0 Å². The molecule has 1 atom stereocenters. The van der Waals surface area contributed by atoms with Gasteiger partial charge in [-0.05, 0) is 25.5 Å². The van der Waals surface area contributed by atoms with Gasteiger partial charge in [0.15, 0.2) is 0 Å². The first-order chi connectivity index (χ1) is 10.2. The molecule has 1 N–H and O–H groups in total. The van der Waals surface area contributed by atoms with Gasteiger partial charge in [0.05, 0.1) is 6.61 Å². The summed E-state index contributed by atoms with van der Waals surface area (Å²) in [6, 6.07) is 13.6. The van der Waals surface area contributed by atoms with Crippen molar-refractivity contribution in [3.8, 4) is 0 Å².